The molecule has 0 aliphatic heterocycles. The van der Waals surface area contributed by atoms with E-state index in [2.05, 4.69) is 9.97 Å². The van der Waals surface area contributed by atoms with Crippen LogP contribution in [0.2, 0.25) is 0 Å². The number of alkyl halides is 3. The lowest BCUT2D eigenvalue weighted by Gasteiger charge is -2.22. The molecule has 0 saturated carbocycles. The molecule has 1 aromatic heterocycles. The van der Waals surface area contributed by atoms with Crippen molar-refractivity contribution in [1.82, 2.24) is 9.97 Å². The third-order valence-electron chi connectivity index (χ3n) is 3.24. The monoisotopic (exact) mass is 341 g/mol. The zero-order valence-electron chi connectivity index (χ0n) is 13.6. The van der Waals surface area contributed by atoms with E-state index in [0.29, 0.717) is 24.6 Å². The van der Waals surface area contributed by atoms with Crippen molar-refractivity contribution < 1.29 is 22.6 Å². The van der Waals surface area contributed by atoms with Gasteiger partial charge >= 0.3 is 6.18 Å². The predicted molar refractivity (Wildman–Crippen MR) is 83.9 cm³/mol. The number of halogens is 3. The summed E-state index contributed by atoms with van der Waals surface area (Å²) in [6.45, 7) is 4.69. The Balaban J connectivity index is 2.42. The smallest absolute Gasteiger partial charge is 0.423 e. The maximum absolute atomic E-state index is 12.9. The molecule has 8 heteroatoms. The van der Waals surface area contributed by atoms with E-state index < -0.39 is 17.6 Å². The van der Waals surface area contributed by atoms with Crippen LogP contribution in [0.3, 0.4) is 0 Å². The number of methoxy groups -OCH3 is 1. The van der Waals surface area contributed by atoms with Gasteiger partial charge < -0.3 is 14.4 Å². The van der Waals surface area contributed by atoms with Gasteiger partial charge in [0.05, 0.1) is 13.7 Å². The quantitative estimate of drug-likeness (QED) is 0.793. The number of hydrogen-bond acceptors (Lipinski definition) is 5. The fourth-order valence-corrected chi connectivity index (χ4v) is 2.18. The first-order chi connectivity index (χ1) is 11.4. The summed E-state index contributed by atoms with van der Waals surface area (Å²) in [6.07, 6.45) is -3.84. The minimum absolute atomic E-state index is 0.121. The van der Waals surface area contributed by atoms with Gasteiger partial charge in [-0.15, -0.1) is 0 Å². The van der Waals surface area contributed by atoms with Crippen molar-refractivity contribution in [3.63, 3.8) is 0 Å². The minimum Gasteiger partial charge on any atom is -0.494 e. The van der Waals surface area contributed by atoms with Gasteiger partial charge in [0, 0.05) is 24.5 Å². The Morgan fingerprint density at radius 2 is 1.96 bits per heavy atom. The fourth-order valence-electron chi connectivity index (χ4n) is 2.18. The second-order valence-electron chi connectivity index (χ2n) is 4.77. The van der Waals surface area contributed by atoms with Gasteiger partial charge in [-0.3, -0.25) is 0 Å². The molecule has 0 aliphatic rings. The van der Waals surface area contributed by atoms with Crippen LogP contribution < -0.4 is 14.4 Å². The van der Waals surface area contributed by atoms with Crippen molar-refractivity contribution in [3.8, 4) is 11.6 Å². The van der Waals surface area contributed by atoms with Gasteiger partial charge in [0.1, 0.15) is 11.3 Å². The van der Waals surface area contributed by atoms with Gasteiger partial charge in [0.25, 0.3) is 0 Å². The van der Waals surface area contributed by atoms with E-state index in [0.717, 1.165) is 13.3 Å². The van der Waals surface area contributed by atoms with Gasteiger partial charge in [-0.1, -0.05) is 6.07 Å². The molecule has 0 aliphatic carbocycles. The van der Waals surface area contributed by atoms with E-state index in [1.54, 1.807) is 29.2 Å². The molecule has 0 N–H and O–H groups in total. The SMILES string of the molecule is CCOc1cccc(N(CC)c2ncc(C(F)(F)F)c(OC)n2)c1. The highest BCUT2D eigenvalue weighted by Gasteiger charge is 2.36. The van der Waals surface area contributed by atoms with Crippen molar-refractivity contribution >= 4 is 11.6 Å². The van der Waals surface area contributed by atoms with Crippen LogP contribution >= 0.6 is 0 Å². The van der Waals surface area contributed by atoms with Crippen LogP contribution in [0.4, 0.5) is 24.8 Å². The number of hydrogen-bond donors (Lipinski definition) is 0. The fraction of sp³-hybridized carbons (Fsp3) is 0.375. The first-order valence-corrected chi connectivity index (χ1v) is 7.39. The van der Waals surface area contributed by atoms with Crippen molar-refractivity contribution in [2.75, 3.05) is 25.2 Å². The van der Waals surface area contributed by atoms with E-state index in [-0.39, 0.29) is 5.95 Å². The molecule has 5 nitrogen and oxygen atoms in total. The summed E-state index contributed by atoms with van der Waals surface area (Å²) >= 11 is 0. The zero-order chi connectivity index (χ0) is 17.7. The van der Waals surface area contributed by atoms with E-state index >= 15 is 0 Å². The molecule has 24 heavy (non-hydrogen) atoms. The highest BCUT2D eigenvalue weighted by Crippen LogP contribution is 2.36. The molecule has 2 aromatic rings. The Kier molecular flexibility index (Phi) is 5.48. The Bertz CT molecular complexity index is 693. The lowest BCUT2D eigenvalue weighted by atomic mass is 10.2. The van der Waals surface area contributed by atoms with Crippen LogP contribution in [-0.4, -0.2) is 30.2 Å². The molecule has 0 amide bonds. The summed E-state index contributed by atoms with van der Waals surface area (Å²) in [5.74, 6) is 0.273. The maximum atomic E-state index is 12.9. The second-order valence-corrected chi connectivity index (χ2v) is 4.77. The first-order valence-electron chi connectivity index (χ1n) is 7.39. The van der Waals surface area contributed by atoms with E-state index in [1.165, 1.54) is 0 Å². The molecule has 1 aromatic carbocycles. The Morgan fingerprint density at radius 1 is 1.21 bits per heavy atom. The van der Waals surface area contributed by atoms with Crippen LogP contribution in [0.1, 0.15) is 19.4 Å². The number of aromatic nitrogens is 2. The average molecular weight is 341 g/mol. The molecule has 1 heterocycles. The molecule has 0 atom stereocenters. The molecule has 0 unspecified atom stereocenters. The number of rotatable bonds is 6. The number of ether oxygens (including phenoxy) is 2. The summed E-state index contributed by atoms with van der Waals surface area (Å²) in [6, 6.07) is 7.18. The minimum atomic E-state index is -4.57. The van der Waals surface area contributed by atoms with E-state index in [1.807, 2.05) is 13.8 Å². The van der Waals surface area contributed by atoms with E-state index in [4.69, 9.17) is 9.47 Å². The molecule has 0 bridgehead atoms. The average Bonchev–Trinajstić information content (AvgIpc) is 2.55. The maximum Gasteiger partial charge on any atom is 0.423 e. The third-order valence-corrected chi connectivity index (χ3v) is 3.24. The summed E-state index contributed by atoms with van der Waals surface area (Å²) < 4.78 is 49.0. The zero-order valence-corrected chi connectivity index (χ0v) is 13.6. The standard InChI is InChI=1S/C16H18F3N3O2/c1-4-22(11-7-6-8-12(9-11)24-5-2)15-20-10-13(16(17,18)19)14(21-15)23-3/h6-10H,4-5H2,1-3H3. The molecular formula is C16H18F3N3O2. The topological polar surface area (TPSA) is 47.5 Å². The molecule has 0 spiro atoms. The van der Waals surface area contributed by atoms with Gasteiger partial charge in [-0.05, 0) is 26.0 Å². The lowest BCUT2D eigenvalue weighted by Crippen LogP contribution is -2.20. The van der Waals surface area contributed by atoms with Crippen molar-refractivity contribution in [2.45, 2.75) is 20.0 Å². The highest BCUT2D eigenvalue weighted by molar-refractivity contribution is 5.59. The van der Waals surface area contributed by atoms with Crippen LogP contribution in [-0.2, 0) is 6.18 Å². The van der Waals surface area contributed by atoms with Crippen LogP contribution in [0.5, 0.6) is 11.6 Å². The molecular weight excluding hydrogens is 323 g/mol. The van der Waals surface area contributed by atoms with Gasteiger partial charge in [-0.25, -0.2) is 4.98 Å². The van der Waals surface area contributed by atoms with Crippen LogP contribution in [0, 0.1) is 0 Å². The molecule has 0 radical (unpaired) electrons. The third kappa shape index (κ3) is 3.87. The van der Waals surface area contributed by atoms with Crippen LogP contribution in [0.25, 0.3) is 0 Å². The van der Waals surface area contributed by atoms with Crippen molar-refractivity contribution in [3.05, 3.63) is 36.0 Å². The Labute approximate surface area is 138 Å². The van der Waals surface area contributed by atoms with Gasteiger partial charge in [0.2, 0.25) is 11.8 Å². The van der Waals surface area contributed by atoms with Gasteiger partial charge in [-0.2, -0.15) is 18.2 Å². The first kappa shape index (κ1) is 17.8. The largest absolute Gasteiger partial charge is 0.494 e. The van der Waals surface area contributed by atoms with E-state index in [9.17, 15) is 13.2 Å². The summed E-state index contributed by atoms with van der Waals surface area (Å²) in [7, 11) is 1.15. The normalized spacial score (nSPS) is 11.2. The second kappa shape index (κ2) is 7.37. The molecule has 2 rings (SSSR count). The number of anilines is 2. The summed E-state index contributed by atoms with van der Waals surface area (Å²) in [5, 5.41) is 0. The Hall–Kier alpha value is -2.51. The molecule has 0 fully saturated rings. The highest BCUT2D eigenvalue weighted by atomic mass is 19.4. The number of benzene rings is 1. The molecule has 0 saturated heterocycles. The van der Waals surface area contributed by atoms with Crippen molar-refractivity contribution in [2.24, 2.45) is 0 Å². The number of nitrogens with zero attached hydrogens (tertiary/aromatic N) is 3. The Morgan fingerprint density at radius 3 is 2.54 bits per heavy atom. The predicted octanol–water partition coefficient (Wildman–Crippen LogP) is 4.06. The summed E-state index contributed by atoms with van der Waals surface area (Å²) in [5.41, 5.74) is -0.293. The lowest BCUT2D eigenvalue weighted by molar-refractivity contribution is -0.139. The van der Waals surface area contributed by atoms with Crippen LogP contribution in [0.15, 0.2) is 30.5 Å². The molecule has 130 valence electrons. The summed E-state index contributed by atoms with van der Waals surface area (Å²) in [4.78, 5) is 9.44. The van der Waals surface area contributed by atoms with Gasteiger partial charge in [0.15, 0.2) is 0 Å². The van der Waals surface area contributed by atoms with Crippen molar-refractivity contribution in [1.29, 1.82) is 0 Å².